The van der Waals surface area contributed by atoms with Gasteiger partial charge >= 0.3 is 0 Å². The van der Waals surface area contributed by atoms with Gasteiger partial charge in [-0.2, -0.15) is 0 Å². The summed E-state index contributed by atoms with van der Waals surface area (Å²) in [6.07, 6.45) is 1.03. The van der Waals surface area contributed by atoms with Gasteiger partial charge in [0.25, 0.3) is 11.5 Å². The van der Waals surface area contributed by atoms with Crippen molar-refractivity contribution in [1.29, 1.82) is 0 Å². The summed E-state index contributed by atoms with van der Waals surface area (Å²) >= 11 is 0. The van der Waals surface area contributed by atoms with Crippen molar-refractivity contribution in [2.45, 2.75) is 0 Å². The van der Waals surface area contributed by atoms with E-state index in [1.54, 1.807) is 37.4 Å². The molecule has 1 N–H and O–H groups in total. The van der Waals surface area contributed by atoms with Crippen LogP contribution in [0.15, 0.2) is 53.3 Å². The molecule has 0 unspecified atom stereocenters. The summed E-state index contributed by atoms with van der Waals surface area (Å²) in [5, 5.41) is 0.387. The number of nitrogens with zero attached hydrogens (tertiary/aromatic N) is 2. The van der Waals surface area contributed by atoms with Crippen LogP contribution in [0, 0.1) is 0 Å². The molecule has 1 aromatic heterocycles. The number of sulfonamides is 1. The van der Waals surface area contributed by atoms with E-state index in [1.165, 1.54) is 35.8 Å². The van der Waals surface area contributed by atoms with Gasteiger partial charge in [-0.15, -0.1) is 0 Å². The minimum atomic E-state index is -3.53. The Hall–Kier alpha value is -3.37. The van der Waals surface area contributed by atoms with Gasteiger partial charge in [0.05, 0.1) is 11.8 Å². The molecule has 3 aromatic rings. The number of hydrogen-bond acceptors (Lipinski definition) is 6. The van der Waals surface area contributed by atoms with Crippen LogP contribution in [0.25, 0.3) is 10.9 Å². The number of fused-ring (bicyclic) bond motifs is 1. The fourth-order valence-electron chi connectivity index (χ4n) is 3.19. The fourth-order valence-corrected chi connectivity index (χ4v) is 3.74. The number of pyridine rings is 1. The van der Waals surface area contributed by atoms with Crippen molar-refractivity contribution in [3.05, 3.63) is 64.4 Å². The van der Waals surface area contributed by atoms with Gasteiger partial charge in [-0.1, -0.05) is 18.2 Å². The first kappa shape index (κ1) is 22.3. The molecule has 0 aliphatic carbocycles. The molecule has 164 valence electrons. The van der Waals surface area contributed by atoms with E-state index in [1.807, 2.05) is 6.07 Å². The van der Waals surface area contributed by atoms with Crippen LogP contribution in [-0.2, 0) is 21.8 Å². The van der Waals surface area contributed by atoms with Gasteiger partial charge in [0.2, 0.25) is 10.0 Å². The van der Waals surface area contributed by atoms with Gasteiger partial charge < -0.3 is 18.9 Å². The molecule has 0 radical (unpaired) electrons. The van der Waals surface area contributed by atoms with Gasteiger partial charge in [0.15, 0.2) is 6.79 Å². The van der Waals surface area contributed by atoms with Crippen molar-refractivity contribution >= 4 is 38.2 Å². The number of anilines is 2. The minimum Gasteiger partial charge on any atom is -0.466 e. The van der Waals surface area contributed by atoms with Crippen LogP contribution in [0.3, 0.4) is 0 Å². The first-order chi connectivity index (χ1) is 14.6. The van der Waals surface area contributed by atoms with Crippen molar-refractivity contribution < 1.29 is 22.7 Å². The second-order valence-corrected chi connectivity index (χ2v) is 8.67. The van der Waals surface area contributed by atoms with E-state index in [9.17, 15) is 18.0 Å². The monoisotopic (exact) mass is 445 g/mol. The van der Waals surface area contributed by atoms with Crippen molar-refractivity contribution in [3.63, 3.8) is 0 Å². The maximum Gasteiger partial charge on any atom is 0.267 e. The standard InChI is InChI=1S/C21H23N3O6S/c1-23(15-8-6-5-7-9-15)20(25)18-19(30-13-29-3)16-12-14(22-31(4,27)28)10-11-17(16)24(2)21(18)26/h5-12,22H,13H2,1-4H3. The Labute approximate surface area is 179 Å². The number of hydrogen-bond donors (Lipinski definition) is 1. The second kappa shape index (κ2) is 8.78. The van der Waals surface area contributed by atoms with Crippen LogP contribution < -0.4 is 19.9 Å². The molecule has 2 aromatic carbocycles. The van der Waals surface area contributed by atoms with Gasteiger partial charge in [-0.25, -0.2) is 8.42 Å². The van der Waals surface area contributed by atoms with E-state index in [-0.39, 0.29) is 23.8 Å². The molecule has 1 heterocycles. The highest BCUT2D eigenvalue weighted by atomic mass is 32.2. The summed E-state index contributed by atoms with van der Waals surface area (Å²) in [7, 11) is 0.979. The van der Waals surface area contributed by atoms with Crippen molar-refractivity contribution in [2.24, 2.45) is 7.05 Å². The van der Waals surface area contributed by atoms with Crippen molar-refractivity contribution in [2.75, 3.05) is 36.8 Å². The predicted molar refractivity (Wildman–Crippen MR) is 119 cm³/mol. The number of ether oxygens (including phenoxy) is 2. The van der Waals surface area contributed by atoms with E-state index >= 15 is 0 Å². The molecule has 0 fully saturated rings. The van der Waals surface area contributed by atoms with Crippen LogP contribution in [0.4, 0.5) is 11.4 Å². The molecule has 0 aliphatic rings. The molecule has 10 heteroatoms. The van der Waals surface area contributed by atoms with E-state index in [2.05, 4.69) is 4.72 Å². The van der Waals surface area contributed by atoms with Gasteiger partial charge in [-0.05, 0) is 30.3 Å². The lowest BCUT2D eigenvalue weighted by molar-refractivity contribution is 0.0511. The molecule has 1 amide bonds. The van der Waals surface area contributed by atoms with Crippen LogP contribution in [0.2, 0.25) is 0 Å². The molecule has 0 bridgehead atoms. The second-order valence-electron chi connectivity index (χ2n) is 6.93. The summed E-state index contributed by atoms with van der Waals surface area (Å²) in [5.74, 6) is -0.550. The number of aromatic nitrogens is 1. The summed E-state index contributed by atoms with van der Waals surface area (Å²) in [4.78, 5) is 27.8. The molecule has 0 atom stereocenters. The quantitative estimate of drug-likeness (QED) is 0.559. The molecule has 0 aliphatic heterocycles. The normalized spacial score (nSPS) is 11.4. The van der Waals surface area contributed by atoms with Crippen molar-refractivity contribution in [1.82, 2.24) is 4.57 Å². The SMILES string of the molecule is COCOc1c(C(=O)N(C)c2ccccc2)c(=O)n(C)c2ccc(NS(C)(=O)=O)cc12. The average molecular weight is 445 g/mol. The Kier molecular flexibility index (Phi) is 6.32. The fraction of sp³-hybridized carbons (Fsp3) is 0.238. The van der Waals surface area contributed by atoms with E-state index in [0.29, 0.717) is 16.6 Å². The van der Waals surface area contributed by atoms with Gasteiger partial charge in [0.1, 0.15) is 11.3 Å². The molecule has 9 nitrogen and oxygen atoms in total. The average Bonchev–Trinajstić information content (AvgIpc) is 2.73. The van der Waals surface area contributed by atoms with E-state index < -0.39 is 21.5 Å². The third-order valence-corrected chi connectivity index (χ3v) is 5.24. The number of carbonyl (C=O) groups excluding carboxylic acids is 1. The lowest BCUT2D eigenvalue weighted by Crippen LogP contribution is -2.35. The first-order valence-electron chi connectivity index (χ1n) is 9.23. The lowest BCUT2D eigenvalue weighted by Gasteiger charge is -2.21. The molecule has 0 saturated carbocycles. The van der Waals surface area contributed by atoms with Crippen molar-refractivity contribution in [3.8, 4) is 5.75 Å². The highest BCUT2D eigenvalue weighted by molar-refractivity contribution is 7.92. The summed E-state index contributed by atoms with van der Waals surface area (Å²) in [5.41, 5.74) is 0.602. The maximum atomic E-state index is 13.3. The van der Waals surface area contributed by atoms with Gasteiger partial charge in [-0.3, -0.25) is 14.3 Å². The van der Waals surface area contributed by atoms with Gasteiger partial charge in [0, 0.05) is 38.0 Å². The number of aryl methyl sites for hydroxylation is 1. The lowest BCUT2D eigenvalue weighted by atomic mass is 10.1. The van der Waals surface area contributed by atoms with E-state index in [0.717, 1.165) is 6.26 Å². The Morgan fingerprint density at radius 3 is 2.45 bits per heavy atom. The molecular formula is C21H23N3O6S. The smallest absolute Gasteiger partial charge is 0.267 e. The Morgan fingerprint density at radius 2 is 1.84 bits per heavy atom. The van der Waals surface area contributed by atoms with Crippen LogP contribution in [0.1, 0.15) is 10.4 Å². The predicted octanol–water partition coefficient (Wildman–Crippen LogP) is 2.17. The summed E-state index contributed by atoms with van der Waals surface area (Å²) in [6.45, 7) is -0.207. The minimum absolute atomic E-state index is 0.0184. The van der Waals surface area contributed by atoms with Crippen LogP contribution >= 0.6 is 0 Å². The Balaban J connectivity index is 2.26. The molecule has 0 saturated heterocycles. The first-order valence-corrected chi connectivity index (χ1v) is 11.1. The van der Waals surface area contributed by atoms with Crippen LogP contribution in [0.5, 0.6) is 5.75 Å². The number of nitrogens with one attached hydrogen (secondary N) is 1. The Morgan fingerprint density at radius 1 is 1.16 bits per heavy atom. The highest BCUT2D eigenvalue weighted by Gasteiger charge is 2.26. The van der Waals surface area contributed by atoms with E-state index in [4.69, 9.17) is 9.47 Å². The number of para-hydroxylation sites is 1. The molecule has 31 heavy (non-hydrogen) atoms. The summed E-state index contributed by atoms with van der Waals surface area (Å²) in [6, 6.07) is 13.5. The molecular weight excluding hydrogens is 422 g/mol. The number of methoxy groups -OCH3 is 1. The molecule has 0 spiro atoms. The highest BCUT2D eigenvalue weighted by Crippen LogP contribution is 2.31. The Bertz CT molecular complexity index is 1290. The zero-order valence-electron chi connectivity index (χ0n) is 17.6. The zero-order valence-corrected chi connectivity index (χ0v) is 18.4. The summed E-state index contributed by atoms with van der Waals surface area (Å²) < 4.78 is 37.7. The molecule has 3 rings (SSSR count). The number of amides is 1. The van der Waals surface area contributed by atoms with Crippen LogP contribution in [-0.4, -0.2) is 46.1 Å². The maximum absolute atomic E-state index is 13.3. The number of carbonyl (C=O) groups is 1. The zero-order chi connectivity index (χ0) is 22.8. The number of benzene rings is 2. The largest absolute Gasteiger partial charge is 0.466 e. The third kappa shape index (κ3) is 4.70. The third-order valence-electron chi connectivity index (χ3n) is 4.63. The number of rotatable bonds is 7. The topological polar surface area (TPSA) is 107 Å².